The van der Waals surface area contributed by atoms with Gasteiger partial charge >= 0.3 is 114 Å². The van der Waals surface area contributed by atoms with Crippen molar-refractivity contribution < 1.29 is 0 Å². The summed E-state index contributed by atoms with van der Waals surface area (Å²) in [7, 11) is 9.15. The van der Waals surface area contributed by atoms with E-state index >= 15 is 0 Å². The summed E-state index contributed by atoms with van der Waals surface area (Å²) in [6, 6.07) is 0. The van der Waals surface area contributed by atoms with E-state index in [1.807, 2.05) is 0 Å². The normalized spacial score (nSPS) is 13.4. The van der Waals surface area contributed by atoms with Crippen molar-refractivity contribution in [1.29, 1.82) is 0 Å². The van der Waals surface area contributed by atoms with E-state index in [1.54, 1.807) is 0 Å². The molecule has 0 aromatic carbocycles. The first kappa shape index (κ1) is 17.7. The third-order valence-electron chi connectivity index (χ3n) is 3.66. The van der Waals surface area contributed by atoms with Crippen LogP contribution in [0.2, 0.25) is 0 Å². The quantitative estimate of drug-likeness (QED) is 0.608. The molecular formula is C12H32N4Sb. The van der Waals surface area contributed by atoms with Gasteiger partial charge in [-0.2, -0.15) is 0 Å². The standard InChI is InChI=1S/4C3H8N.Sb/c4*1-3-4-2;/h4*3H2,1-2H3;/q4*-1;+4. The van der Waals surface area contributed by atoms with Crippen molar-refractivity contribution in [2.45, 2.75) is 27.7 Å². The van der Waals surface area contributed by atoms with Gasteiger partial charge in [-0.05, 0) is 0 Å². The summed E-state index contributed by atoms with van der Waals surface area (Å²) in [5.41, 5.74) is 0. The summed E-state index contributed by atoms with van der Waals surface area (Å²) in [6.07, 6.45) is 0. The van der Waals surface area contributed by atoms with Crippen molar-refractivity contribution >= 4 is 19.9 Å². The Morgan fingerprint density at radius 2 is 0.706 bits per heavy atom. The van der Waals surface area contributed by atoms with Crippen molar-refractivity contribution in [3.63, 3.8) is 0 Å². The first-order valence-corrected chi connectivity index (χ1v) is 11.2. The number of rotatable bonds is 8. The van der Waals surface area contributed by atoms with Crippen LogP contribution in [0.3, 0.4) is 0 Å². The molecule has 0 aliphatic rings. The molecule has 0 N–H and O–H groups in total. The Kier molecular flexibility index (Phi) is 8.26. The summed E-state index contributed by atoms with van der Waals surface area (Å²) in [6.45, 7) is 13.5. The Balaban J connectivity index is 5.51. The third kappa shape index (κ3) is 3.36. The number of nitrogens with zero attached hydrogens (tertiary/aromatic N) is 4. The molecule has 0 bridgehead atoms. The second-order valence-corrected chi connectivity index (χ2v) is 15.3. The van der Waals surface area contributed by atoms with E-state index in [2.05, 4.69) is 68.1 Å². The summed E-state index contributed by atoms with van der Waals surface area (Å²) in [5.74, 6) is 0. The predicted octanol–water partition coefficient (Wildman–Crippen LogP) is 1.23. The first-order chi connectivity index (χ1) is 7.93. The van der Waals surface area contributed by atoms with Crippen LogP contribution < -0.4 is 0 Å². The zero-order valence-electron chi connectivity index (χ0n) is 13.1. The Hall–Kier alpha value is 0.658. The van der Waals surface area contributed by atoms with Gasteiger partial charge in [0.05, 0.1) is 0 Å². The van der Waals surface area contributed by atoms with Crippen LogP contribution in [0.5, 0.6) is 0 Å². The molecule has 0 heterocycles. The van der Waals surface area contributed by atoms with Gasteiger partial charge in [0.2, 0.25) is 0 Å². The first-order valence-electron chi connectivity index (χ1n) is 6.68. The van der Waals surface area contributed by atoms with E-state index in [-0.39, 0.29) is 0 Å². The van der Waals surface area contributed by atoms with Gasteiger partial charge in [-0.25, -0.2) is 0 Å². The summed E-state index contributed by atoms with van der Waals surface area (Å²) in [5, 5.41) is 0. The average Bonchev–Trinajstić information content (AvgIpc) is 2.37. The monoisotopic (exact) mass is 353 g/mol. The van der Waals surface area contributed by atoms with E-state index in [1.165, 1.54) is 0 Å². The number of hydrogen-bond donors (Lipinski definition) is 0. The van der Waals surface area contributed by atoms with Crippen LogP contribution in [0.25, 0.3) is 0 Å². The van der Waals surface area contributed by atoms with Crippen LogP contribution in [0.1, 0.15) is 27.7 Å². The zero-order chi connectivity index (χ0) is 13.6. The van der Waals surface area contributed by atoms with Crippen molar-refractivity contribution in [2.75, 3.05) is 54.4 Å². The molecule has 0 aliphatic heterocycles. The van der Waals surface area contributed by atoms with Gasteiger partial charge in [0, 0.05) is 0 Å². The van der Waals surface area contributed by atoms with E-state index in [0.717, 1.165) is 26.2 Å². The van der Waals surface area contributed by atoms with E-state index in [0.29, 0.717) is 0 Å². The minimum absolute atomic E-state index is 1.12. The SMILES string of the molecule is CC[N](C)[Sb]([N](C)CC)([N](C)CC)[N](C)CC. The second kappa shape index (κ2) is 7.96. The molecule has 4 nitrogen and oxygen atoms in total. The van der Waals surface area contributed by atoms with Crippen LogP contribution in [0.4, 0.5) is 0 Å². The van der Waals surface area contributed by atoms with Crippen molar-refractivity contribution in [3.05, 3.63) is 0 Å². The zero-order valence-corrected chi connectivity index (χ0v) is 15.6. The maximum absolute atomic E-state index is 2.64. The summed E-state index contributed by atoms with van der Waals surface area (Å²) < 4.78 is 10.4. The summed E-state index contributed by atoms with van der Waals surface area (Å²) in [4.78, 5) is 0. The van der Waals surface area contributed by atoms with Crippen molar-refractivity contribution in [2.24, 2.45) is 0 Å². The Morgan fingerprint density at radius 1 is 0.529 bits per heavy atom. The molecule has 0 rings (SSSR count). The van der Waals surface area contributed by atoms with Gasteiger partial charge in [-0.1, -0.05) is 0 Å². The van der Waals surface area contributed by atoms with Crippen LogP contribution >= 0.6 is 0 Å². The van der Waals surface area contributed by atoms with E-state index < -0.39 is 19.9 Å². The molecule has 0 saturated carbocycles. The predicted molar refractivity (Wildman–Crippen MR) is 79.0 cm³/mol. The Labute approximate surface area is 114 Å². The number of hydrogen-bond acceptors (Lipinski definition) is 4. The topological polar surface area (TPSA) is 13.0 Å². The van der Waals surface area contributed by atoms with Gasteiger partial charge < -0.3 is 0 Å². The van der Waals surface area contributed by atoms with Crippen molar-refractivity contribution in [3.8, 4) is 0 Å². The molecular weight excluding hydrogens is 322 g/mol. The molecule has 1 radical (unpaired) electrons. The van der Waals surface area contributed by atoms with Gasteiger partial charge in [-0.3, -0.25) is 0 Å². The third-order valence-corrected chi connectivity index (χ3v) is 17.4. The van der Waals surface area contributed by atoms with Crippen molar-refractivity contribution in [1.82, 2.24) is 12.2 Å². The van der Waals surface area contributed by atoms with E-state index in [4.69, 9.17) is 0 Å². The molecule has 0 amide bonds. The molecule has 0 unspecified atom stereocenters. The molecule has 0 atom stereocenters. The second-order valence-electron chi connectivity index (χ2n) is 4.43. The molecule has 0 aromatic heterocycles. The van der Waals surface area contributed by atoms with Crippen LogP contribution in [0.15, 0.2) is 0 Å². The molecule has 17 heavy (non-hydrogen) atoms. The molecule has 105 valence electrons. The molecule has 0 fully saturated rings. The summed E-state index contributed by atoms with van der Waals surface area (Å²) >= 11 is -2.64. The fourth-order valence-electron chi connectivity index (χ4n) is 2.32. The average molecular weight is 354 g/mol. The fraction of sp³-hybridized carbons (Fsp3) is 1.00. The molecule has 0 aromatic rings. The van der Waals surface area contributed by atoms with E-state index in [9.17, 15) is 0 Å². The van der Waals surface area contributed by atoms with Gasteiger partial charge in [0.1, 0.15) is 0 Å². The molecule has 0 aliphatic carbocycles. The minimum atomic E-state index is -2.64. The van der Waals surface area contributed by atoms with Crippen LogP contribution in [-0.4, -0.2) is 86.5 Å². The molecule has 5 heteroatoms. The fourth-order valence-corrected chi connectivity index (χ4v) is 15.6. The Bertz CT molecular complexity index is 167. The van der Waals surface area contributed by atoms with Gasteiger partial charge in [-0.15, -0.1) is 0 Å². The maximum atomic E-state index is 2.61. The van der Waals surface area contributed by atoms with Crippen LogP contribution in [-0.2, 0) is 0 Å². The molecule has 0 saturated heterocycles. The Morgan fingerprint density at radius 3 is 0.824 bits per heavy atom. The van der Waals surface area contributed by atoms with Crippen LogP contribution in [0, 0.1) is 0 Å². The van der Waals surface area contributed by atoms with Gasteiger partial charge in [0.15, 0.2) is 0 Å². The molecule has 0 spiro atoms. The van der Waals surface area contributed by atoms with Gasteiger partial charge in [0.25, 0.3) is 0 Å².